The van der Waals surface area contributed by atoms with Crippen LogP contribution in [0.5, 0.6) is 5.75 Å². The van der Waals surface area contributed by atoms with E-state index in [9.17, 15) is 13.2 Å². The third-order valence-corrected chi connectivity index (χ3v) is 6.38. The molecule has 0 saturated carbocycles. The molecular formula is C18H25N5O4S. The molecule has 1 aromatic heterocycles. The van der Waals surface area contributed by atoms with E-state index >= 15 is 0 Å². The molecule has 1 aromatic carbocycles. The molecule has 2 heterocycles. The van der Waals surface area contributed by atoms with Gasteiger partial charge in [-0.1, -0.05) is 12.1 Å². The van der Waals surface area contributed by atoms with Gasteiger partial charge in [0.1, 0.15) is 11.8 Å². The van der Waals surface area contributed by atoms with Gasteiger partial charge in [0, 0.05) is 25.3 Å². The molecular weight excluding hydrogens is 382 g/mol. The van der Waals surface area contributed by atoms with Crippen molar-refractivity contribution in [3.63, 3.8) is 0 Å². The van der Waals surface area contributed by atoms with Crippen LogP contribution in [-0.4, -0.2) is 48.6 Å². The molecule has 2 atom stereocenters. The van der Waals surface area contributed by atoms with Crippen molar-refractivity contribution in [3.8, 4) is 5.75 Å². The molecule has 1 amide bonds. The van der Waals surface area contributed by atoms with Gasteiger partial charge in [0.05, 0.1) is 19.0 Å². The first-order valence-electron chi connectivity index (χ1n) is 8.95. The Morgan fingerprint density at radius 2 is 2.00 bits per heavy atom. The highest BCUT2D eigenvalue weighted by Crippen LogP contribution is 2.29. The number of likely N-dealkylation sites (N-methyl/N-ethyl adjacent to an activating group) is 1. The zero-order valence-corrected chi connectivity index (χ0v) is 17.1. The molecule has 2 N–H and O–H groups in total. The first-order valence-corrected chi connectivity index (χ1v) is 10.4. The van der Waals surface area contributed by atoms with Gasteiger partial charge in [0.2, 0.25) is 5.91 Å². The number of anilines is 1. The average molecular weight is 407 g/mol. The van der Waals surface area contributed by atoms with E-state index < -0.39 is 28.2 Å². The smallest absolute Gasteiger partial charge is 0.280 e. The predicted molar refractivity (Wildman–Crippen MR) is 105 cm³/mol. The summed E-state index contributed by atoms with van der Waals surface area (Å²) >= 11 is 0. The number of methoxy groups -OCH3 is 1. The lowest BCUT2D eigenvalue weighted by Crippen LogP contribution is -2.55. The number of amides is 1. The number of carbonyl (C=O) groups excluding carboxylic acids is 1. The van der Waals surface area contributed by atoms with Crippen molar-refractivity contribution >= 4 is 21.8 Å². The second-order valence-electron chi connectivity index (χ2n) is 7.01. The molecule has 152 valence electrons. The molecule has 0 aliphatic carbocycles. The lowest BCUT2D eigenvalue weighted by molar-refractivity contribution is -0.120. The van der Waals surface area contributed by atoms with Crippen molar-refractivity contribution in [2.24, 2.45) is 0 Å². The summed E-state index contributed by atoms with van der Waals surface area (Å²) in [6.07, 6.45) is 3.57. The first kappa shape index (κ1) is 20.3. The quantitative estimate of drug-likeness (QED) is 0.785. The molecule has 28 heavy (non-hydrogen) atoms. The second kappa shape index (κ2) is 7.90. The van der Waals surface area contributed by atoms with Gasteiger partial charge in [-0.3, -0.25) is 9.48 Å². The molecule has 0 spiro atoms. The fraction of sp³-hybridized carbons (Fsp3) is 0.444. The van der Waals surface area contributed by atoms with Gasteiger partial charge in [-0.05, 0) is 38.0 Å². The van der Waals surface area contributed by atoms with Crippen LogP contribution in [0.1, 0.15) is 37.9 Å². The van der Waals surface area contributed by atoms with Crippen LogP contribution in [-0.2, 0) is 15.0 Å². The maximum Gasteiger partial charge on any atom is 0.280 e. The van der Waals surface area contributed by atoms with E-state index in [1.165, 1.54) is 7.05 Å². The monoisotopic (exact) mass is 407 g/mol. The molecule has 0 unspecified atom stereocenters. The Balaban J connectivity index is 1.80. The van der Waals surface area contributed by atoms with Crippen LogP contribution >= 0.6 is 0 Å². The van der Waals surface area contributed by atoms with Crippen LogP contribution < -0.4 is 14.8 Å². The number of benzene rings is 1. The van der Waals surface area contributed by atoms with Gasteiger partial charge in [0.15, 0.2) is 0 Å². The molecule has 0 bridgehead atoms. The summed E-state index contributed by atoms with van der Waals surface area (Å²) in [6.45, 7) is 3.95. The molecule has 1 aliphatic heterocycles. The van der Waals surface area contributed by atoms with Crippen molar-refractivity contribution in [2.75, 3.05) is 19.5 Å². The highest BCUT2D eigenvalue weighted by atomic mass is 32.2. The molecule has 1 fully saturated rings. The van der Waals surface area contributed by atoms with Crippen LogP contribution in [0.15, 0.2) is 36.7 Å². The van der Waals surface area contributed by atoms with E-state index in [1.54, 1.807) is 48.5 Å². The first-order chi connectivity index (χ1) is 13.2. The number of nitrogens with zero attached hydrogens (tertiary/aromatic N) is 3. The van der Waals surface area contributed by atoms with Crippen LogP contribution in [0.4, 0.5) is 5.69 Å². The lowest BCUT2D eigenvalue weighted by Gasteiger charge is -2.36. The number of aromatic nitrogens is 2. The summed E-state index contributed by atoms with van der Waals surface area (Å²) in [4.78, 5) is 12.8. The third kappa shape index (κ3) is 4.18. The fourth-order valence-corrected chi connectivity index (χ4v) is 4.35. The average Bonchev–Trinajstić information content (AvgIpc) is 3.12. The molecule has 2 aromatic rings. The van der Waals surface area contributed by atoms with Gasteiger partial charge in [-0.15, -0.1) is 0 Å². The van der Waals surface area contributed by atoms with Crippen molar-refractivity contribution in [3.05, 3.63) is 42.2 Å². The minimum absolute atomic E-state index is 0.159. The van der Waals surface area contributed by atoms with Crippen molar-refractivity contribution in [1.82, 2.24) is 18.8 Å². The van der Waals surface area contributed by atoms with E-state index in [0.29, 0.717) is 17.9 Å². The molecule has 9 nitrogen and oxygen atoms in total. The summed E-state index contributed by atoms with van der Waals surface area (Å²) < 4.78 is 35.6. The van der Waals surface area contributed by atoms with Gasteiger partial charge in [0.25, 0.3) is 10.2 Å². The summed E-state index contributed by atoms with van der Waals surface area (Å²) in [7, 11) is -0.837. The SMILES string of the molecule is COc1ccc([C@@H]2C[C@H](C(=O)Nc3cnn(C(C)C)c3)N(C)S(=O)(=O)N2)cc1. The zero-order chi connectivity index (χ0) is 20.5. The maximum atomic E-state index is 12.8. The van der Waals surface area contributed by atoms with E-state index in [-0.39, 0.29) is 6.04 Å². The number of hydrogen-bond donors (Lipinski definition) is 2. The van der Waals surface area contributed by atoms with Gasteiger partial charge in [-0.25, -0.2) is 0 Å². The largest absolute Gasteiger partial charge is 0.497 e. The Hall–Kier alpha value is -2.43. The van der Waals surface area contributed by atoms with Gasteiger partial charge in [-0.2, -0.15) is 22.5 Å². The number of carbonyl (C=O) groups is 1. The number of nitrogens with one attached hydrogen (secondary N) is 2. The molecule has 0 radical (unpaired) electrons. The normalized spacial score (nSPS) is 22.2. The van der Waals surface area contributed by atoms with Crippen LogP contribution in [0, 0.1) is 0 Å². The Labute approximate surface area is 164 Å². The van der Waals surface area contributed by atoms with Crippen LogP contribution in [0.3, 0.4) is 0 Å². The fourth-order valence-electron chi connectivity index (χ4n) is 3.07. The Morgan fingerprint density at radius 3 is 2.57 bits per heavy atom. The highest BCUT2D eigenvalue weighted by Gasteiger charge is 2.40. The Morgan fingerprint density at radius 1 is 1.32 bits per heavy atom. The minimum Gasteiger partial charge on any atom is -0.497 e. The summed E-state index contributed by atoms with van der Waals surface area (Å²) in [5.41, 5.74) is 1.30. The standard InChI is InChI=1S/C18H25N5O4S/c1-12(2)23-11-14(10-19-23)20-18(24)17-9-16(21-28(25,26)22(17)3)13-5-7-15(27-4)8-6-13/h5-8,10-12,16-17,21H,9H2,1-4H3,(H,20,24)/t16-,17+/m0/s1. The summed E-state index contributed by atoms with van der Waals surface area (Å²) in [5.74, 6) is 0.283. The van der Waals surface area contributed by atoms with E-state index in [1.807, 2.05) is 13.8 Å². The third-order valence-electron chi connectivity index (χ3n) is 4.79. The Kier molecular flexibility index (Phi) is 5.73. The highest BCUT2D eigenvalue weighted by molar-refractivity contribution is 7.87. The van der Waals surface area contributed by atoms with Crippen molar-refractivity contribution in [1.29, 1.82) is 0 Å². The van der Waals surface area contributed by atoms with E-state index in [0.717, 1.165) is 9.87 Å². The second-order valence-corrected chi connectivity index (χ2v) is 8.77. The van der Waals surface area contributed by atoms with Crippen molar-refractivity contribution < 1.29 is 17.9 Å². The Bertz CT molecular complexity index is 939. The number of ether oxygens (including phenoxy) is 1. The van der Waals surface area contributed by atoms with Crippen LogP contribution in [0.2, 0.25) is 0 Å². The van der Waals surface area contributed by atoms with E-state index in [4.69, 9.17) is 4.74 Å². The summed E-state index contributed by atoms with van der Waals surface area (Å²) in [6, 6.07) is 5.90. The lowest BCUT2D eigenvalue weighted by atomic mass is 9.99. The van der Waals surface area contributed by atoms with Gasteiger partial charge >= 0.3 is 0 Å². The maximum absolute atomic E-state index is 12.8. The molecule has 1 aliphatic rings. The number of hydrogen-bond acceptors (Lipinski definition) is 5. The van der Waals surface area contributed by atoms with Crippen molar-refractivity contribution in [2.45, 2.75) is 38.4 Å². The summed E-state index contributed by atoms with van der Waals surface area (Å²) in [5, 5.41) is 6.96. The zero-order valence-electron chi connectivity index (χ0n) is 16.3. The molecule has 3 rings (SSSR count). The molecule has 10 heteroatoms. The van der Waals surface area contributed by atoms with E-state index in [2.05, 4.69) is 15.1 Å². The van der Waals surface area contributed by atoms with Gasteiger partial charge < -0.3 is 10.1 Å². The predicted octanol–water partition coefficient (Wildman–Crippen LogP) is 1.69. The van der Waals surface area contributed by atoms with Crippen LogP contribution in [0.25, 0.3) is 0 Å². The molecule has 1 saturated heterocycles. The minimum atomic E-state index is -3.80. The topological polar surface area (TPSA) is 106 Å². The number of rotatable bonds is 5.